The number of Topliss-reactive ketones (excluding diaryl/α,β-unsaturated/α-hetero) is 1. The molecule has 37 heavy (non-hydrogen) atoms. The van der Waals surface area contributed by atoms with Gasteiger partial charge in [0.25, 0.3) is 0 Å². The molecule has 0 radical (unpaired) electrons. The number of hydrogen-bond acceptors (Lipinski definition) is 7. The lowest BCUT2D eigenvalue weighted by Crippen LogP contribution is -2.52. The number of nitrogens with one attached hydrogen (secondary N) is 2. The van der Waals surface area contributed by atoms with Crippen molar-refractivity contribution in [3.63, 3.8) is 0 Å². The number of amides is 2. The minimum absolute atomic E-state index is 0.0277. The fourth-order valence-electron chi connectivity index (χ4n) is 3.70. The Hall–Kier alpha value is -2.91. The van der Waals surface area contributed by atoms with Crippen LogP contribution in [0.5, 0.6) is 0 Å². The first-order valence-corrected chi connectivity index (χ1v) is 14.0. The largest absolute Gasteiger partial charge is 0.445 e. The van der Waals surface area contributed by atoms with Crippen LogP contribution < -0.4 is 16.4 Å². The lowest BCUT2D eigenvalue weighted by molar-refractivity contribution is -0.128. The maximum absolute atomic E-state index is 13.2. The molecule has 1 aromatic heterocycles. The molecule has 0 saturated heterocycles. The first-order valence-electron chi connectivity index (χ1n) is 12.9. The molecule has 0 aliphatic carbocycles. The predicted molar refractivity (Wildman–Crippen MR) is 148 cm³/mol. The number of rotatable bonds is 17. The van der Waals surface area contributed by atoms with E-state index in [1.54, 1.807) is 24.2 Å². The van der Waals surface area contributed by atoms with E-state index in [1.807, 2.05) is 56.3 Å². The fraction of sp³-hybridized carbons (Fsp3) is 0.500. The quantitative estimate of drug-likeness (QED) is 0.266. The zero-order chi connectivity index (χ0) is 26.9. The van der Waals surface area contributed by atoms with E-state index in [9.17, 15) is 14.4 Å². The molecule has 1 heterocycles. The maximum atomic E-state index is 13.2. The van der Waals surface area contributed by atoms with Gasteiger partial charge < -0.3 is 21.1 Å². The summed E-state index contributed by atoms with van der Waals surface area (Å²) in [5.74, 6) is 0.850. The zero-order valence-corrected chi connectivity index (χ0v) is 22.7. The SMILES string of the molecule is CC(C)C[C@H](NC(=O)OCc1ccccc1)C(=O)N[C@@H](CCCCN)C(=O)CSCCc1ccncc1. The lowest BCUT2D eigenvalue weighted by Gasteiger charge is -2.24. The van der Waals surface area contributed by atoms with Crippen LogP contribution in [0.3, 0.4) is 0 Å². The van der Waals surface area contributed by atoms with E-state index in [4.69, 9.17) is 10.5 Å². The van der Waals surface area contributed by atoms with Gasteiger partial charge in [0.15, 0.2) is 5.78 Å². The molecule has 0 bridgehead atoms. The Balaban J connectivity index is 1.92. The average molecular weight is 529 g/mol. The number of hydrogen-bond donors (Lipinski definition) is 3. The number of alkyl carbamates (subject to hydrolysis) is 1. The Morgan fingerprint density at radius 2 is 1.70 bits per heavy atom. The van der Waals surface area contributed by atoms with Crippen molar-refractivity contribution in [3.05, 3.63) is 66.0 Å². The lowest BCUT2D eigenvalue weighted by atomic mass is 10.0. The van der Waals surface area contributed by atoms with E-state index < -0.39 is 18.2 Å². The summed E-state index contributed by atoms with van der Waals surface area (Å²) in [5, 5.41) is 5.58. The number of aromatic nitrogens is 1. The summed E-state index contributed by atoms with van der Waals surface area (Å²) in [6.07, 6.45) is 6.14. The van der Waals surface area contributed by atoms with Gasteiger partial charge in [-0.1, -0.05) is 44.2 Å². The van der Waals surface area contributed by atoms with Gasteiger partial charge in [0.2, 0.25) is 5.91 Å². The topological polar surface area (TPSA) is 123 Å². The summed E-state index contributed by atoms with van der Waals surface area (Å²) >= 11 is 1.55. The van der Waals surface area contributed by atoms with Gasteiger partial charge in [-0.2, -0.15) is 11.8 Å². The maximum Gasteiger partial charge on any atom is 0.408 e. The van der Waals surface area contributed by atoms with Crippen LogP contribution in [0.2, 0.25) is 0 Å². The molecule has 0 aliphatic heterocycles. The number of unbranched alkanes of at least 4 members (excludes halogenated alkanes) is 1. The van der Waals surface area contributed by atoms with E-state index in [2.05, 4.69) is 15.6 Å². The second kappa shape index (κ2) is 17.5. The molecule has 1 aromatic carbocycles. The van der Waals surface area contributed by atoms with Crippen molar-refractivity contribution in [2.75, 3.05) is 18.1 Å². The third kappa shape index (κ3) is 12.7. The van der Waals surface area contributed by atoms with E-state index in [-0.39, 0.29) is 24.2 Å². The fourth-order valence-corrected chi connectivity index (χ4v) is 4.63. The molecule has 202 valence electrons. The normalized spacial score (nSPS) is 12.5. The van der Waals surface area contributed by atoms with Crippen LogP contribution in [0.15, 0.2) is 54.9 Å². The molecule has 8 nitrogen and oxygen atoms in total. The first-order chi connectivity index (χ1) is 17.9. The first kappa shape index (κ1) is 30.3. The van der Waals surface area contributed by atoms with E-state index in [0.717, 1.165) is 30.6 Å². The van der Waals surface area contributed by atoms with Crippen LogP contribution in [-0.4, -0.2) is 52.9 Å². The highest BCUT2D eigenvalue weighted by Gasteiger charge is 2.27. The van der Waals surface area contributed by atoms with Crippen molar-refractivity contribution in [1.29, 1.82) is 0 Å². The van der Waals surface area contributed by atoms with Gasteiger partial charge in [0, 0.05) is 12.4 Å². The number of thioether (sulfide) groups is 1. The number of ketones is 1. The summed E-state index contributed by atoms with van der Waals surface area (Å²) in [6.45, 7) is 4.58. The van der Waals surface area contributed by atoms with Crippen molar-refractivity contribution >= 4 is 29.5 Å². The summed E-state index contributed by atoms with van der Waals surface area (Å²) in [7, 11) is 0. The van der Waals surface area contributed by atoms with Gasteiger partial charge >= 0.3 is 6.09 Å². The molecular weight excluding hydrogens is 488 g/mol. The molecular formula is C28H40N4O4S. The highest BCUT2D eigenvalue weighted by Crippen LogP contribution is 2.12. The van der Waals surface area contributed by atoms with Crippen LogP contribution in [0, 0.1) is 5.92 Å². The second-order valence-electron chi connectivity index (χ2n) is 9.36. The highest BCUT2D eigenvalue weighted by molar-refractivity contribution is 7.99. The monoisotopic (exact) mass is 528 g/mol. The number of pyridine rings is 1. The molecule has 0 spiro atoms. The standard InChI is InChI=1S/C28H40N4O4S/c1-21(2)18-25(32-28(35)36-19-23-8-4-3-5-9-23)27(34)31-24(10-6-7-14-29)26(33)20-37-17-13-22-11-15-30-16-12-22/h3-5,8-9,11-12,15-16,21,24-25H,6-7,10,13-14,17-20,29H2,1-2H3,(H,31,34)(H,32,35)/t24-,25-/m0/s1. The van der Waals surface area contributed by atoms with Gasteiger partial charge in [-0.25, -0.2) is 4.79 Å². The molecule has 2 aromatic rings. The number of carbonyl (C=O) groups excluding carboxylic acids is 3. The smallest absolute Gasteiger partial charge is 0.408 e. The van der Waals surface area contributed by atoms with E-state index in [0.29, 0.717) is 25.1 Å². The molecule has 4 N–H and O–H groups in total. The van der Waals surface area contributed by atoms with Gasteiger partial charge in [-0.15, -0.1) is 0 Å². The van der Waals surface area contributed by atoms with Gasteiger partial charge in [-0.05, 0) is 73.6 Å². The van der Waals surface area contributed by atoms with E-state index in [1.165, 1.54) is 5.56 Å². The molecule has 2 atom stereocenters. The Morgan fingerprint density at radius 3 is 2.38 bits per heavy atom. The average Bonchev–Trinajstić information content (AvgIpc) is 2.90. The Morgan fingerprint density at radius 1 is 0.973 bits per heavy atom. The number of ether oxygens (including phenoxy) is 1. The molecule has 0 aliphatic rings. The third-order valence-corrected chi connectivity index (χ3v) is 6.69. The molecule has 0 unspecified atom stereocenters. The van der Waals surface area contributed by atoms with Crippen molar-refractivity contribution in [3.8, 4) is 0 Å². The molecule has 2 rings (SSSR count). The summed E-state index contributed by atoms with van der Waals surface area (Å²) in [5.41, 5.74) is 7.66. The minimum atomic E-state index is -0.799. The van der Waals surface area contributed by atoms with Crippen molar-refractivity contribution in [2.24, 2.45) is 11.7 Å². The minimum Gasteiger partial charge on any atom is -0.445 e. The van der Waals surface area contributed by atoms with Crippen molar-refractivity contribution < 1.29 is 19.1 Å². The number of benzene rings is 1. The predicted octanol–water partition coefficient (Wildman–Crippen LogP) is 3.88. The van der Waals surface area contributed by atoms with Gasteiger partial charge in [0.05, 0.1) is 11.8 Å². The summed E-state index contributed by atoms with van der Waals surface area (Å²) in [4.78, 5) is 42.7. The van der Waals surface area contributed by atoms with Crippen molar-refractivity contribution in [2.45, 2.75) is 64.6 Å². The van der Waals surface area contributed by atoms with Crippen molar-refractivity contribution in [1.82, 2.24) is 15.6 Å². The van der Waals surface area contributed by atoms with Crippen LogP contribution in [0.25, 0.3) is 0 Å². The van der Waals surface area contributed by atoms with Crippen LogP contribution in [0.4, 0.5) is 4.79 Å². The van der Waals surface area contributed by atoms with E-state index >= 15 is 0 Å². The highest BCUT2D eigenvalue weighted by atomic mass is 32.2. The summed E-state index contributed by atoms with van der Waals surface area (Å²) in [6, 6.07) is 11.8. The second-order valence-corrected chi connectivity index (χ2v) is 10.5. The Bertz CT molecular complexity index is 944. The van der Waals surface area contributed by atoms with Gasteiger partial charge in [0.1, 0.15) is 12.6 Å². The molecule has 2 amide bonds. The third-order valence-electron chi connectivity index (χ3n) is 5.71. The van der Waals surface area contributed by atoms with Gasteiger partial charge in [-0.3, -0.25) is 14.6 Å². The van der Waals surface area contributed by atoms with Crippen LogP contribution in [-0.2, 0) is 27.4 Å². The number of nitrogens with two attached hydrogens (primary N) is 1. The Labute approximate surface area is 224 Å². The van der Waals surface area contributed by atoms with Crippen LogP contribution >= 0.6 is 11.8 Å². The molecule has 0 fully saturated rings. The molecule has 0 saturated carbocycles. The number of carbonyl (C=O) groups is 3. The Kier molecular flexibility index (Phi) is 14.4. The summed E-state index contributed by atoms with van der Waals surface area (Å²) < 4.78 is 5.31. The molecule has 9 heteroatoms. The van der Waals surface area contributed by atoms with Crippen LogP contribution in [0.1, 0.15) is 50.7 Å². The zero-order valence-electron chi connectivity index (χ0n) is 21.9. The number of nitrogens with zero attached hydrogens (tertiary/aromatic N) is 1. The number of aryl methyl sites for hydroxylation is 1.